The van der Waals surface area contributed by atoms with E-state index in [-0.39, 0.29) is 30.8 Å². The Morgan fingerprint density at radius 3 is 2.21 bits per heavy atom. The van der Waals surface area contributed by atoms with Crippen molar-refractivity contribution in [2.24, 2.45) is 17.8 Å². The molecule has 5 nitrogen and oxygen atoms in total. The van der Waals surface area contributed by atoms with E-state index in [0.717, 1.165) is 37.5 Å². The number of benzene rings is 1. The zero-order valence-corrected chi connectivity index (χ0v) is 24.4. The predicted molar refractivity (Wildman–Crippen MR) is 153 cm³/mol. The Bertz CT molecular complexity index is 859. The van der Waals surface area contributed by atoms with Gasteiger partial charge >= 0.3 is 11.9 Å². The topological polar surface area (TPSA) is 61.8 Å². The second kappa shape index (κ2) is 17.4. The van der Waals surface area contributed by atoms with E-state index in [1.165, 1.54) is 38.5 Å². The van der Waals surface area contributed by atoms with Crippen LogP contribution in [-0.4, -0.2) is 36.6 Å². The molecule has 1 aromatic rings. The predicted octanol–water partition coefficient (Wildman–Crippen LogP) is 7.98. The highest BCUT2D eigenvalue weighted by molar-refractivity contribution is 6.18. The maximum absolute atomic E-state index is 12.9. The summed E-state index contributed by atoms with van der Waals surface area (Å²) in [5, 5.41) is 0. The SMILES string of the molecule is C#CC1(OC(=O)c2ccc(OCCCOC(=O)CCCl)cc2)CCC(C2CCC(CCC)CC2)CC1.CC. The standard InChI is InChI=1S/C30H41ClO5.C2H6/c1-3-6-23-7-9-24(10-8-23)25-15-18-30(4-2,19-16-25)36-29(33)26-11-13-27(14-12-26)34-21-5-22-35-28(32)17-20-31;1-2/h2,11-14,23-25H,3,5-10,15-22H2,1H3;1-2H3. The van der Waals surface area contributed by atoms with Crippen LogP contribution in [0.15, 0.2) is 24.3 Å². The fourth-order valence-electron chi connectivity index (χ4n) is 5.72. The van der Waals surface area contributed by atoms with Gasteiger partial charge in [0.05, 0.1) is 25.2 Å². The molecular weight excluding hydrogens is 500 g/mol. The molecule has 0 N–H and O–H groups in total. The van der Waals surface area contributed by atoms with Crippen LogP contribution < -0.4 is 4.74 Å². The average molecular weight is 547 g/mol. The normalized spacial score (nSPS) is 24.8. The lowest BCUT2D eigenvalue weighted by Gasteiger charge is -2.41. The smallest absolute Gasteiger partial charge is 0.339 e. The third-order valence-corrected chi connectivity index (χ3v) is 8.04. The van der Waals surface area contributed by atoms with Gasteiger partial charge in [-0.05, 0) is 80.5 Å². The van der Waals surface area contributed by atoms with E-state index in [1.54, 1.807) is 24.3 Å². The van der Waals surface area contributed by atoms with Gasteiger partial charge in [-0.15, -0.1) is 18.0 Å². The minimum absolute atomic E-state index is 0.210. The van der Waals surface area contributed by atoms with Crippen LogP contribution >= 0.6 is 11.6 Å². The van der Waals surface area contributed by atoms with Crippen molar-refractivity contribution in [1.29, 1.82) is 0 Å². The first-order valence-electron chi connectivity index (χ1n) is 14.6. The molecule has 0 aliphatic heterocycles. The number of rotatable bonds is 12. The molecule has 0 aromatic heterocycles. The van der Waals surface area contributed by atoms with Gasteiger partial charge in [0.15, 0.2) is 5.60 Å². The molecule has 0 saturated heterocycles. The van der Waals surface area contributed by atoms with E-state index in [0.29, 0.717) is 30.3 Å². The fourth-order valence-corrected chi connectivity index (χ4v) is 5.87. The quantitative estimate of drug-likeness (QED) is 0.115. The molecule has 2 aliphatic rings. The van der Waals surface area contributed by atoms with Crippen LogP contribution in [0.3, 0.4) is 0 Å². The van der Waals surface area contributed by atoms with Crippen LogP contribution in [0.5, 0.6) is 5.75 Å². The van der Waals surface area contributed by atoms with Crippen LogP contribution in [0.1, 0.15) is 108 Å². The Labute approximate surface area is 235 Å². The molecule has 0 radical (unpaired) electrons. The van der Waals surface area contributed by atoms with E-state index in [2.05, 4.69) is 12.8 Å². The average Bonchev–Trinajstić information content (AvgIpc) is 2.95. The van der Waals surface area contributed by atoms with Gasteiger partial charge in [-0.3, -0.25) is 4.79 Å². The number of carbonyl (C=O) groups is 2. The molecule has 6 heteroatoms. The highest BCUT2D eigenvalue weighted by atomic mass is 35.5. The Hall–Kier alpha value is -2.19. The number of terminal acetylenes is 1. The third-order valence-electron chi connectivity index (χ3n) is 7.85. The molecular formula is C32H47ClO5. The second-order valence-corrected chi connectivity index (χ2v) is 10.7. The van der Waals surface area contributed by atoms with Gasteiger partial charge in [-0.25, -0.2) is 4.79 Å². The molecule has 0 unspecified atom stereocenters. The van der Waals surface area contributed by atoms with Crippen molar-refractivity contribution < 1.29 is 23.8 Å². The number of esters is 2. The van der Waals surface area contributed by atoms with Crippen molar-refractivity contribution in [2.45, 2.75) is 103 Å². The fraction of sp³-hybridized carbons (Fsp3) is 0.688. The number of hydrogen-bond acceptors (Lipinski definition) is 5. The zero-order chi connectivity index (χ0) is 27.8. The summed E-state index contributed by atoms with van der Waals surface area (Å²) >= 11 is 5.50. The van der Waals surface area contributed by atoms with Crippen LogP contribution in [-0.2, 0) is 14.3 Å². The minimum atomic E-state index is -0.803. The largest absolute Gasteiger partial charge is 0.493 e. The molecule has 2 fully saturated rings. The monoisotopic (exact) mass is 546 g/mol. The van der Waals surface area contributed by atoms with Gasteiger partial charge in [-0.1, -0.05) is 52.4 Å². The summed E-state index contributed by atoms with van der Waals surface area (Å²) in [5.41, 5.74) is -0.341. The van der Waals surface area contributed by atoms with Crippen molar-refractivity contribution >= 4 is 23.5 Å². The molecule has 0 heterocycles. The third kappa shape index (κ3) is 10.2. The molecule has 1 aromatic carbocycles. The van der Waals surface area contributed by atoms with Gasteiger partial charge in [0.25, 0.3) is 0 Å². The lowest BCUT2D eigenvalue weighted by atomic mass is 9.68. The molecule has 0 amide bonds. The second-order valence-electron chi connectivity index (χ2n) is 10.3. The van der Waals surface area contributed by atoms with Crippen LogP contribution in [0.4, 0.5) is 0 Å². The summed E-state index contributed by atoms with van der Waals surface area (Å²) in [6, 6.07) is 6.88. The van der Waals surface area contributed by atoms with Crippen LogP contribution in [0, 0.1) is 30.1 Å². The van der Waals surface area contributed by atoms with E-state index in [9.17, 15) is 9.59 Å². The summed E-state index contributed by atoms with van der Waals surface area (Å²) in [4.78, 5) is 24.1. The van der Waals surface area contributed by atoms with Crippen LogP contribution in [0.25, 0.3) is 0 Å². The van der Waals surface area contributed by atoms with Crippen molar-refractivity contribution in [2.75, 3.05) is 19.1 Å². The number of alkyl halides is 1. The summed E-state index contributed by atoms with van der Waals surface area (Å²) < 4.78 is 16.6. The van der Waals surface area contributed by atoms with E-state index >= 15 is 0 Å². The first-order valence-corrected chi connectivity index (χ1v) is 15.2. The van der Waals surface area contributed by atoms with Crippen molar-refractivity contribution in [3.63, 3.8) is 0 Å². The summed E-state index contributed by atoms with van der Waals surface area (Å²) in [7, 11) is 0. The van der Waals surface area contributed by atoms with Gasteiger partial charge in [0.1, 0.15) is 5.75 Å². The molecule has 0 bridgehead atoms. The lowest BCUT2D eigenvalue weighted by molar-refractivity contribution is -0.143. The molecule has 0 atom stereocenters. The van der Waals surface area contributed by atoms with Gasteiger partial charge < -0.3 is 14.2 Å². The molecule has 2 aliphatic carbocycles. The lowest BCUT2D eigenvalue weighted by Crippen LogP contribution is -2.39. The first-order chi connectivity index (χ1) is 18.5. The Kier molecular flexibility index (Phi) is 14.7. The molecule has 0 spiro atoms. The number of ether oxygens (including phenoxy) is 3. The van der Waals surface area contributed by atoms with E-state index in [4.69, 9.17) is 32.2 Å². The maximum atomic E-state index is 12.9. The molecule has 38 heavy (non-hydrogen) atoms. The van der Waals surface area contributed by atoms with Gasteiger partial charge in [-0.2, -0.15) is 0 Å². The van der Waals surface area contributed by atoms with Gasteiger partial charge in [0, 0.05) is 12.3 Å². The van der Waals surface area contributed by atoms with Crippen molar-refractivity contribution in [1.82, 2.24) is 0 Å². The van der Waals surface area contributed by atoms with E-state index < -0.39 is 5.60 Å². The van der Waals surface area contributed by atoms with Crippen molar-refractivity contribution in [3.05, 3.63) is 29.8 Å². The number of carbonyl (C=O) groups excluding carboxylic acids is 2. The minimum Gasteiger partial charge on any atom is -0.493 e. The maximum Gasteiger partial charge on any atom is 0.339 e. The zero-order valence-electron chi connectivity index (χ0n) is 23.6. The summed E-state index contributed by atoms with van der Waals surface area (Å²) in [6.07, 6.45) is 18.3. The molecule has 2 saturated carbocycles. The van der Waals surface area contributed by atoms with Crippen LogP contribution in [0.2, 0.25) is 0 Å². The number of halogens is 1. The Morgan fingerprint density at radius 1 is 1.00 bits per heavy atom. The first kappa shape index (κ1) is 32.0. The highest BCUT2D eigenvalue weighted by Crippen LogP contribution is 2.44. The van der Waals surface area contributed by atoms with Gasteiger partial charge in [0.2, 0.25) is 0 Å². The number of hydrogen-bond donors (Lipinski definition) is 0. The Balaban J connectivity index is 0.00000247. The summed E-state index contributed by atoms with van der Waals surface area (Å²) in [6.45, 7) is 6.97. The Morgan fingerprint density at radius 2 is 1.63 bits per heavy atom. The summed E-state index contributed by atoms with van der Waals surface area (Å²) in [5.74, 6) is 5.45. The highest BCUT2D eigenvalue weighted by Gasteiger charge is 2.40. The molecule has 212 valence electrons. The van der Waals surface area contributed by atoms with E-state index in [1.807, 2.05) is 13.8 Å². The molecule has 3 rings (SSSR count). The van der Waals surface area contributed by atoms with Crippen molar-refractivity contribution in [3.8, 4) is 18.1 Å².